The van der Waals surface area contributed by atoms with Gasteiger partial charge in [-0.3, -0.25) is 14.2 Å². The van der Waals surface area contributed by atoms with Gasteiger partial charge in [-0.2, -0.15) is 0 Å². The number of hydrogen-bond donors (Lipinski definition) is 1. The lowest BCUT2D eigenvalue weighted by molar-refractivity contribution is -0.127. The van der Waals surface area contributed by atoms with Crippen molar-refractivity contribution in [3.8, 4) is 5.75 Å². The summed E-state index contributed by atoms with van der Waals surface area (Å²) in [5.74, 6) is -0.479. The number of amides is 1. The summed E-state index contributed by atoms with van der Waals surface area (Å²) in [6.45, 7) is 7.05. The number of thiazole rings is 1. The molecule has 1 aromatic heterocycles. The van der Waals surface area contributed by atoms with Gasteiger partial charge in [-0.05, 0) is 79.9 Å². The lowest BCUT2D eigenvalue weighted by Crippen LogP contribution is -2.43. The summed E-state index contributed by atoms with van der Waals surface area (Å²) < 4.78 is 7.95. The maximum Gasteiger partial charge on any atom is 0.335 e. The Morgan fingerprint density at radius 3 is 2.28 bits per heavy atom. The fourth-order valence-electron chi connectivity index (χ4n) is 4.96. The number of benzene rings is 3. The number of carboxylic acids is 1. The average molecular weight is 616 g/mol. The van der Waals surface area contributed by atoms with Crippen LogP contribution < -0.4 is 19.6 Å². The van der Waals surface area contributed by atoms with Crippen LogP contribution in [0.5, 0.6) is 5.75 Å². The van der Waals surface area contributed by atoms with E-state index in [-0.39, 0.29) is 23.6 Å². The molecule has 220 valence electrons. The molecule has 1 N–H and O–H groups in total. The smallest absolute Gasteiger partial charge is 0.335 e. The van der Waals surface area contributed by atoms with Crippen molar-refractivity contribution in [2.75, 3.05) is 13.1 Å². The van der Waals surface area contributed by atoms with Crippen LogP contribution in [0.3, 0.4) is 0 Å². The normalized spacial score (nSPS) is 14.7. The quantitative estimate of drug-likeness (QED) is 0.285. The summed E-state index contributed by atoms with van der Waals surface area (Å²) in [6, 6.07) is 20.5. The van der Waals surface area contributed by atoms with E-state index in [9.17, 15) is 14.4 Å². The number of ether oxygens (including phenoxy) is 1. The van der Waals surface area contributed by atoms with Crippen LogP contribution in [0.25, 0.3) is 6.08 Å². The summed E-state index contributed by atoms with van der Waals surface area (Å²) >= 11 is 7.45. The largest absolute Gasteiger partial charge is 0.489 e. The number of carbonyl (C=O) groups excluding carboxylic acids is 1. The minimum absolute atomic E-state index is 0.145. The number of nitrogens with zero attached hydrogens (tertiary/aromatic N) is 3. The van der Waals surface area contributed by atoms with Gasteiger partial charge >= 0.3 is 5.97 Å². The fourth-order valence-corrected chi connectivity index (χ4v) is 6.13. The lowest BCUT2D eigenvalue weighted by Gasteiger charge is -2.29. The summed E-state index contributed by atoms with van der Waals surface area (Å²) in [7, 11) is 0. The monoisotopic (exact) mass is 615 g/mol. The van der Waals surface area contributed by atoms with Gasteiger partial charge in [0.25, 0.3) is 11.5 Å². The van der Waals surface area contributed by atoms with Gasteiger partial charge in [-0.15, -0.1) is 0 Å². The van der Waals surface area contributed by atoms with E-state index in [0.717, 1.165) is 16.7 Å². The van der Waals surface area contributed by atoms with Crippen molar-refractivity contribution < 1.29 is 19.4 Å². The van der Waals surface area contributed by atoms with Crippen LogP contribution in [0, 0.1) is 0 Å². The highest BCUT2D eigenvalue weighted by molar-refractivity contribution is 7.07. The first-order valence-corrected chi connectivity index (χ1v) is 15.0. The van der Waals surface area contributed by atoms with E-state index in [0.29, 0.717) is 44.5 Å². The highest BCUT2D eigenvalue weighted by atomic mass is 35.5. The summed E-state index contributed by atoms with van der Waals surface area (Å²) in [5, 5.41) is 9.62. The van der Waals surface area contributed by atoms with Crippen molar-refractivity contribution >= 4 is 40.9 Å². The molecule has 0 unspecified atom stereocenters. The standard InChI is InChI=1S/C33H30ClN3O5S/c1-4-36(5-2)31(39)28-20(3)35-33-37(29(28)23-12-14-25(34)15-13-23)30(38)27(43-33)18-21-8-16-26(17-9-21)42-19-22-6-10-24(11-7-22)32(40)41/h6-18,29H,4-5,19H2,1-3H3,(H,40,41)/b27-18+/t29-/m0/s1. The van der Waals surface area contributed by atoms with Gasteiger partial charge in [-0.1, -0.05) is 59.3 Å². The van der Waals surface area contributed by atoms with Crippen molar-refractivity contribution in [3.05, 3.63) is 131 Å². The zero-order valence-electron chi connectivity index (χ0n) is 23.9. The molecule has 43 heavy (non-hydrogen) atoms. The molecule has 2 heterocycles. The number of likely N-dealkylation sites (N-methyl/N-ethyl adjacent to an activating group) is 1. The van der Waals surface area contributed by atoms with Crippen LogP contribution >= 0.6 is 22.9 Å². The van der Waals surface area contributed by atoms with Gasteiger partial charge in [0.2, 0.25) is 0 Å². The summed E-state index contributed by atoms with van der Waals surface area (Å²) in [4.78, 5) is 45.6. The molecule has 0 radical (unpaired) electrons. The van der Waals surface area contributed by atoms with Crippen molar-refractivity contribution in [2.45, 2.75) is 33.4 Å². The fraction of sp³-hybridized carbons (Fsp3) is 0.212. The van der Waals surface area contributed by atoms with Crippen LogP contribution in [-0.4, -0.2) is 39.5 Å². The van der Waals surface area contributed by atoms with Gasteiger partial charge in [0.15, 0.2) is 4.80 Å². The molecular formula is C33H30ClN3O5S. The van der Waals surface area contributed by atoms with Crippen LogP contribution in [0.2, 0.25) is 5.02 Å². The highest BCUT2D eigenvalue weighted by Gasteiger charge is 2.34. The van der Waals surface area contributed by atoms with Crippen molar-refractivity contribution in [1.29, 1.82) is 0 Å². The molecule has 10 heteroatoms. The second kappa shape index (κ2) is 12.8. The molecule has 1 amide bonds. The van der Waals surface area contributed by atoms with Crippen LogP contribution in [0.4, 0.5) is 0 Å². The predicted molar refractivity (Wildman–Crippen MR) is 167 cm³/mol. The van der Waals surface area contributed by atoms with E-state index in [1.807, 2.05) is 63.2 Å². The minimum atomic E-state index is -0.973. The molecule has 3 aromatic carbocycles. The summed E-state index contributed by atoms with van der Waals surface area (Å²) in [5.41, 5.74) is 3.49. The molecule has 0 aliphatic carbocycles. The van der Waals surface area contributed by atoms with E-state index < -0.39 is 12.0 Å². The number of aromatic nitrogens is 1. The molecule has 1 aliphatic heterocycles. The molecule has 0 saturated heterocycles. The molecule has 5 rings (SSSR count). The molecule has 4 aromatic rings. The van der Waals surface area contributed by atoms with Crippen molar-refractivity contribution in [2.24, 2.45) is 4.99 Å². The number of rotatable bonds is 9. The first-order valence-electron chi connectivity index (χ1n) is 13.8. The Labute approximate surface area is 257 Å². The Balaban J connectivity index is 1.46. The second-order valence-electron chi connectivity index (χ2n) is 9.97. The molecule has 8 nitrogen and oxygen atoms in total. The zero-order valence-corrected chi connectivity index (χ0v) is 25.5. The number of carbonyl (C=O) groups is 2. The topological polar surface area (TPSA) is 101 Å². The minimum Gasteiger partial charge on any atom is -0.489 e. The third-order valence-electron chi connectivity index (χ3n) is 7.27. The Morgan fingerprint density at radius 2 is 1.67 bits per heavy atom. The van der Waals surface area contributed by atoms with E-state index in [1.165, 1.54) is 11.3 Å². The zero-order chi connectivity index (χ0) is 30.7. The van der Waals surface area contributed by atoms with Gasteiger partial charge in [0, 0.05) is 18.1 Å². The predicted octanol–water partition coefficient (Wildman–Crippen LogP) is 5.03. The van der Waals surface area contributed by atoms with Gasteiger partial charge in [0.1, 0.15) is 12.4 Å². The molecule has 0 fully saturated rings. The van der Waals surface area contributed by atoms with E-state index in [2.05, 4.69) is 0 Å². The molecule has 1 atom stereocenters. The van der Waals surface area contributed by atoms with Gasteiger partial charge in [0.05, 0.1) is 27.4 Å². The van der Waals surface area contributed by atoms with Crippen molar-refractivity contribution in [3.63, 3.8) is 0 Å². The molecule has 0 bridgehead atoms. The first-order chi connectivity index (χ1) is 20.7. The number of hydrogen-bond acceptors (Lipinski definition) is 6. The number of fused-ring (bicyclic) bond motifs is 1. The maximum atomic E-state index is 13.9. The highest BCUT2D eigenvalue weighted by Crippen LogP contribution is 2.31. The van der Waals surface area contributed by atoms with Gasteiger partial charge < -0.3 is 14.7 Å². The molecule has 0 spiro atoms. The van der Waals surface area contributed by atoms with Crippen LogP contribution in [0.1, 0.15) is 53.9 Å². The molecular weight excluding hydrogens is 586 g/mol. The van der Waals surface area contributed by atoms with Crippen molar-refractivity contribution in [1.82, 2.24) is 9.47 Å². The molecule has 1 aliphatic rings. The Hall–Kier alpha value is -4.47. The third-order valence-corrected chi connectivity index (χ3v) is 8.51. The Bertz CT molecular complexity index is 1870. The number of aromatic carboxylic acids is 1. The van der Waals surface area contributed by atoms with E-state index >= 15 is 0 Å². The van der Waals surface area contributed by atoms with Crippen LogP contribution in [-0.2, 0) is 11.4 Å². The van der Waals surface area contributed by atoms with Crippen LogP contribution in [0.15, 0.2) is 93.9 Å². The Morgan fingerprint density at radius 1 is 1.02 bits per heavy atom. The number of halogens is 1. The second-order valence-corrected chi connectivity index (χ2v) is 11.4. The number of carboxylic acid groups (broad SMARTS) is 1. The van der Waals surface area contributed by atoms with Gasteiger partial charge in [-0.25, -0.2) is 9.79 Å². The molecule has 0 saturated carbocycles. The van der Waals surface area contributed by atoms with E-state index in [1.54, 1.807) is 45.9 Å². The Kier molecular flexibility index (Phi) is 8.94. The first kappa shape index (κ1) is 30.0. The summed E-state index contributed by atoms with van der Waals surface area (Å²) in [6.07, 6.45) is 1.81. The SMILES string of the molecule is CCN(CC)C(=O)C1=C(C)N=c2s/c(=C/c3ccc(OCc4ccc(C(=O)O)cc4)cc3)c(=O)n2[C@H]1c1ccc(Cl)cc1. The lowest BCUT2D eigenvalue weighted by atomic mass is 9.94. The average Bonchev–Trinajstić information content (AvgIpc) is 3.31. The number of allylic oxidation sites excluding steroid dienone is 1. The van der Waals surface area contributed by atoms with E-state index in [4.69, 9.17) is 26.4 Å². The third kappa shape index (κ3) is 6.33. The maximum absolute atomic E-state index is 13.9.